The largest absolute Gasteiger partial charge is 0.496 e. The molecule has 2 N–H and O–H groups in total. The fourth-order valence-electron chi connectivity index (χ4n) is 2.13. The van der Waals surface area contributed by atoms with E-state index in [-0.39, 0.29) is 24.9 Å². The predicted molar refractivity (Wildman–Crippen MR) is 62.6 cm³/mol. The van der Waals surface area contributed by atoms with Crippen molar-refractivity contribution in [2.75, 3.05) is 26.1 Å². The summed E-state index contributed by atoms with van der Waals surface area (Å²) in [6, 6.07) is 3.51. The number of benzene rings is 1. The van der Waals surface area contributed by atoms with Crippen LogP contribution in [-0.4, -0.2) is 31.8 Å². The van der Waals surface area contributed by atoms with Gasteiger partial charge in [-0.05, 0) is 12.1 Å². The lowest BCUT2D eigenvalue weighted by Crippen LogP contribution is -2.25. The molecule has 1 aliphatic rings. The van der Waals surface area contributed by atoms with E-state index in [9.17, 15) is 9.90 Å². The number of carbonyl (C=O) groups is 1. The third kappa shape index (κ3) is 1.93. The van der Waals surface area contributed by atoms with Crippen molar-refractivity contribution >= 4 is 11.6 Å². The van der Waals surface area contributed by atoms with Crippen LogP contribution in [0.5, 0.6) is 11.5 Å². The summed E-state index contributed by atoms with van der Waals surface area (Å²) in [6.45, 7) is -0.0933. The van der Waals surface area contributed by atoms with E-state index in [0.717, 1.165) is 5.56 Å². The molecule has 0 saturated heterocycles. The van der Waals surface area contributed by atoms with Gasteiger partial charge in [0.25, 0.3) is 0 Å². The number of carbonyl (C=O) groups excluding carboxylic acids is 1. The van der Waals surface area contributed by atoms with Crippen molar-refractivity contribution in [3.63, 3.8) is 0 Å². The maximum absolute atomic E-state index is 11.5. The summed E-state index contributed by atoms with van der Waals surface area (Å²) < 4.78 is 10.5. The van der Waals surface area contributed by atoms with E-state index < -0.39 is 0 Å². The Hall–Kier alpha value is -1.75. The van der Waals surface area contributed by atoms with Crippen LogP contribution < -0.4 is 14.8 Å². The topological polar surface area (TPSA) is 67.8 Å². The highest BCUT2D eigenvalue weighted by atomic mass is 16.5. The Kier molecular flexibility index (Phi) is 3.19. The van der Waals surface area contributed by atoms with Crippen LogP contribution in [0.1, 0.15) is 17.9 Å². The number of ether oxygens (including phenoxy) is 2. The van der Waals surface area contributed by atoms with Crippen LogP contribution in [0.15, 0.2) is 12.1 Å². The van der Waals surface area contributed by atoms with Gasteiger partial charge in [0, 0.05) is 17.9 Å². The fourth-order valence-corrected chi connectivity index (χ4v) is 2.13. The molecular formula is C12H15NO4. The molecule has 1 amide bonds. The molecule has 92 valence electrons. The van der Waals surface area contributed by atoms with Crippen LogP contribution in [0.3, 0.4) is 0 Å². The first-order valence-corrected chi connectivity index (χ1v) is 5.36. The molecule has 0 fully saturated rings. The first kappa shape index (κ1) is 11.7. The molecule has 0 aliphatic carbocycles. The Bertz CT molecular complexity index is 444. The molecule has 17 heavy (non-hydrogen) atoms. The van der Waals surface area contributed by atoms with Crippen molar-refractivity contribution in [2.45, 2.75) is 12.3 Å². The van der Waals surface area contributed by atoms with Crippen molar-refractivity contribution in [1.29, 1.82) is 0 Å². The van der Waals surface area contributed by atoms with Crippen molar-refractivity contribution in [1.82, 2.24) is 0 Å². The third-order valence-electron chi connectivity index (χ3n) is 2.93. The van der Waals surface area contributed by atoms with Gasteiger partial charge in [0.15, 0.2) is 0 Å². The van der Waals surface area contributed by atoms with Crippen LogP contribution in [-0.2, 0) is 4.79 Å². The number of aliphatic hydroxyl groups is 1. The Morgan fingerprint density at radius 3 is 2.59 bits per heavy atom. The van der Waals surface area contributed by atoms with Crippen LogP contribution in [0.4, 0.5) is 5.69 Å². The molecule has 0 saturated carbocycles. The van der Waals surface area contributed by atoms with E-state index in [2.05, 4.69) is 5.32 Å². The van der Waals surface area contributed by atoms with Crippen molar-refractivity contribution in [2.24, 2.45) is 0 Å². The van der Waals surface area contributed by atoms with Gasteiger partial charge >= 0.3 is 0 Å². The molecule has 5 heteroatoms. The molecule has 1 atom stereocenters. The zero-order chi connectivity index (χ0) is 12.4. The number of hydrogen-bond acceptors (Lipinski definition) is 4. The number of rotatable bonds is 3. The second-order valence-electron chi connectivity index (χ2n) is 3.89. The molecular weight excluding hydrogens is 222 g/mol. The predicted octanol–water partition coefficient (Wildman–Crippen LogP) is 1.12. The zero-order valence-electron chi connectivity index (χ0n) is 9.82. The van der Waals surface area contributed by atoms with E-state index in [1.807, 2.05) is 0 Å². The van der Waals surface area contributed by atoms with E-state index in [0.29, 0.717) is 17.2 Å². The average molecular weight is 237 g/mol. The molecule has 1 heterocycles. The first-order valence-electron chi connectivity index (χ1n) is 5.36. The second-order valence-corrected chi connectivity index (χ2v) is 3.89. The van der Waals surface area contributed by atoms with Crippen LogP contribution in [0, 0.1) is 0 Å². The summed E-state index contributed by atoms with van der Waals surface area (Å²) in [5.74, 6) is 0.860. The van der Waals surface area contributed by atoms with Gasteiger partial charge in [-0.25, -0.2) is 0 Å². The number of hydrogen-bond donors (Lipinski definition) is 2. The first-order chi connectivity index (χ1) is 8.21. The van der Waals surface area contributed by atoms with Crippen molar-refractivity contribution in [3.8, 4) is 11.5 Å². The summed E-state index contributed by atoms with van der Waals surface area (Å²) in [5.41, 5.74) is 1.40. The van der Waals surface area contributed by atoms with E-state index in [1.165, 1.54) is 7.11 Å². The number of anilines is 1. The Morgan fingerprint density at radius 1 is 1.35 bits per heavy atom. The van der Waals surface area contributed by atoms with Gasteiger partial charge in [0.05, 0.1) is 26.5 Å². The minimum absolute atomic E-state index is 0.0933. The normalized spacial score (nSPS) is 18.3. The van der Waals surface area contributed by atoms with Gasteiger partial charge in [-0.1, -0.05) is 0 Å². The van der Waals surface area contributed by atoms with Crippen LogP contribution in [0.25, 0.3) is 0 Å². The number of fused-ring (bicyclic) bond motifs is 1. The highest BCUT2D eigenvalue weighted by Crippen LogP contribution is 2.43. The summed E-state index contributed by atoms with van der Waals surface area (Å²) in [7, 11) is 3.10. The molecule has 1 aliphatic heterocycles. The third-order valence-corrected chi connectivity index (χ3v) is 2.93. The number of nitrogens with one attached hydrogen (secondary N) is 1. The highest BCUT2D eigenvalue weighted by molar-refractivity contribution is 5.97. The number of methoxy groups -OCH3 is 2. The van der Waals surface area contributed by atoms with Gasteiger partial charge in [0.2, 0.25) is 5.91 Å². The minimum Gasteiger partial charge on any atom is -0.496 e. The van der Waals surface area contributed by atoms with E-state index >= 15 is 0 Å². The maximum atomic E-state index is 11.5. The van der Waals surface area contributed by atoms with Gasteiger partial charge in [0.1, 0.15) is 11.5 Å². The van der Waals surface area contributed by atoms with E-state index in [4.69, 9.17) is 9.47 Å². The Labute approximate surface area is 99.3 Å². The molecule has 1 aromatic carbocycles. The monoisotopic (exact) mass is 237 g/mol. The molecule has 5 nitrogen and oxygen atoms in total. The average Bonchev–Trinajstić information content (AvgIpc) is 2.36. The lowest BCUT2D eigenvalue weighted by molar-refractivity contribution is -0.117. The molecule has 0 aromatic heterocycles. The van der Waals surface area contributed by atoms with Crippen molar-refractivity contribution in [3.05, 3.63) is 17.7 Å². The lowest BCUT2D eigenvalue weighted by Gasteiger charge is -2.27. The summed E-state index contributed by atoms with van der Waals surface area (Å²) >= 11 is 0. The number of aliphatic hydroxyl groups excluding tert-OH is 1. The smallest absolute Gasteiger partial charge is 0.225 e. The molecule has 2 rings (SSSR count). The standard InChI is InChI=1S/C12H15NO4/c1-16-8-3-4-9(17-2)12-11(8)7(6-14)5-10(15)13-12/h3-4,7,14H,5-6H2,1-2H3,(H,13,15). The summed E-state index contributed by atoms with van der Waals surface area (Å²) in [6.07, 6.45) is 0.257. The van der Waals surface area contributed by atoms with Gasteiger partial charge in [-0.15, -0.1) is 0 Å². The molecule has 1 unspecified atom stereocenters. The van der Waals surface area contributed by atoms with Gasteiger partial charge in [-0.3, -0.25) is 4.79 Å². The fraction of sp³-hybridized carbons (Fsp3) is 0.417. The maximum Gasteiger partial charge on any atom is 0.225 e. The van der Waals surface area contributed by atoms with Crippen molar-refractivity contribution < 1.29 is 19.4 Å². The summed E-state index contributed by atoms with van der Waals surface area (Å²) in [4.78, 5) is 11.5. The van der Waals surface area contributed by atoms with E-state index in [1.54, 1.807) is 19.2 Å². The number of amides is 1. The van der Waals surface area contributed by atoms with Gasteiger partial charge < -0.3 is 19.9 Å². The zero-order valence-corrected chi connectivity index (χ0v) is 9.82. The SMILES string of the molecule is COc1ccc(OC)c2c1NC(=O)CC2CO. The quantitative estimate of drug-likeness (QED) is 0.826. The second kappa shape index (κ2) is 4.63. The van der Waals surface area contributed by atoms with Gasteiger partial charge in [-0.2, -0.15) is 0 Å². The highest BCUT2D eigenvalue weighted by Gasteiger charge is 2.30. The van der Waals surface area contributed by atoms with Crippen LogP contribution in [0.2, 0.25) is 0 Å². The Balaban J connectivity index is 2.60. The molecule has 0 radical (unpaired) electrons. The minimum atomic E-state index is -0.246. The van der Waals surface area contributed by atoms with Crippen LogP contribution >= 0.6 is 0 Å². The summed E-state index contributed by atoms with van der Waals surface area (Å²) in [5, 5.41) is 12.1. The molecule has 0 spiro atoms. The lowest BCUT2D eigenvalue weighted by atomic mass is 9.90. The molecule has 1 aromatic rings. The Morgan fingerprint density at radius 2 is 2.00 bits per heavy atom. The molecule has 0 bridgehead atoms.